The minimum atomic E-state index is -1.75. The summed E-state index contributed by atoms with van der Waals surface area (Å²) >= 11 is 0. The maximum absolute atomic E-state index is 13.6. The van der Waals surface area contributed by atoms with Crippen LogP contribution in [0, 0.1) is 11.8 Å². The third-order valence-electron chi connectivity index (χ3n) is 13.7. The van der Waals surface area contributed by atoms with Gasteiger partial charge in [-0.3, -0.25) is 4.79 Å². The van der Waals surface area contributed by atoms with Crippen LogP contribution in [0.15, 0.2) is 115 Å². The summed E-state index contributed by atoms with van der Waals surface area (Å²) in [6, 6.07) is 25.2. The molecule has 23 heteroatoms. The Labute approximate surface area is 470 Å². The quantitative estimate of drug-likeness (QED) is 0.0476. The van der Waals surface area contributed by atoms with Crippen LogP contribution in [0.4, 0.5) is 19.2 Å². The predicted octanol–water partition coefficient (Wildman–Crippen LogP) is 4.57. The Morgan fingerprint density at radius 1 is 0.617 bits per heavy atom. The van der Waals surface area contributed by atoms with Gasteiger partial charge in [-0.15, -0.1) is 0 Å². The number of amides is 4. The van der Waals surface area contributed by atoms with Crippen molar-refractivity contribution in [1.82, 2.24) is 21.3 Å². The standard InChI is InChI=1S/C58H76N4O19/c1-6-39-22-24-41(61-56(70)73-32-36-18-12-8-13-19-36)51(75-39)78-48-34(2)26-38(27-43(64)44(65)29-60-55(69)81-58(3,4)5)46(66)50(48)80-53-47(67)49(45(30-63)77-53)79-52-42(62-57(71)74-33-37-20-14-9-15-21-37)25-23-40(76-52)28-59-54(68)72-31-35-16-10-7-11-17-35/h7-25,34,38-42,44-53,63,65-67H,6,26-33H2,1-5H3,(H,59,68)(H,60,69)(H,61,70)(H,62,71)/t34-,38-,39+,40+,41+,42+,44-,45+,46-,47+,48+,49+,50+,51+,52+,53-/m0/s1. The molecule has 0 bridgehead atoms. The van der Waals surface area contributed by atoms with E-state index in [1.54, 1.807) is 101 Å². The van der Waals surface area contributed by atoms with Crippen LogP contribution in [-0.4, -0.2) is 162 Å². The number of benzene rings is 3. The van der Waals surface area contributed by atoms with Gasteiger partial charge < -0.3 is 89.1 Å². The van der Waals surface area contributed by atoms with Gasteiger partial charge in [-0.2, -0.15) is 0 Å². The molecule has 7 rings (SSSR count). The summed E-state index contributed by atoms with van der Waals surface area (Å²) in [6.45, 7) is 7.28. The van der Waals surface area contributed by atoms with E-state index in [2.05, 4.69) is 21.3 Å². The number of hydrogen-bond donors (Lipinski definition) is 8. The van der Waals surface area contributed by atoms with Crippen LogP contribution >= 0.6 is 0 Å². The molecule has 8 N–H and O–H groups in total. The molecule has 3 heterocycles. The first kappa shape index (κ1) is 62.1. The Kier molecular flexibility index (Phi) is 23.0. The van der Waals surface area contributed by atoms with Gasteiger partial charge in [-0.25, -0.2) is 19.2 Å². The molecule has 2 fully saturated rings. The highest BCUT2D eigenvalue weighted by Gasteiger charge is 2.53. The third kappa shape index (κ3) is 18.8. The number of rotatable bonds is 23. The molecule has 442 valence electrons. The predicted molar refractivity (Wildman–Crippen MR) is 287 cm³/mol. The highest BCUT2D eigenvalue weighted by Crippen LogP contribution is 2.40. The minimum absolute atomic E-state index is 0.0116. The van der Waals surface area contributed by atoms with Crippen molar-refractivity contribution >= 4 is 30.2 Å². The van der Waals surface area contributed by atoms with E-state index in [4.69, 9.17) is 47.4 Å². The number of aliphatic hydroxyl groups is 4. The van der Waals surface area contributed by atoms with Gasteiger partial charge in [0.05, 0.1) is 44.1 Å². The number of Topliss-reactive ketones (excluding diaryl/α,β-unsaturated/α-hetero) is 1. The minimum Gasteiger partial charge on any atom is -0.445 e. The van der Waals surface area contributed by atoms with Crippen LogP contribution in [0.1, 0.15) is 70.6 Å². The third-order valence-corrected chi connectivity index (χ3v) is 13.7. The van der Waals surface area contributed by atoms with E-state index in [1.165, 1.54) is 0 Å². The van der Waals surface area contributed by atoms with Crippen LogP contribution in [0.3, 0.4) is 0 Å². The molecule has 4 amide bonds. The molecule has 23 nitrogen and oxygen atoms in total. The van der Waals surface area contributed by atoms with Gasteiger partial charge in [-0.05, 0) is 62.1 Å². The lowest BCUT2D eigenvalue weighted by Gasteiger charge is -2.46. The fourth-order valence-electron chi connectivity index (χ4n) is 9.56. The highest BCUT2D eigenvalue weighted by molar-refractivity contribution is 5.84. The molecule has 4 aliphatic rings. The summed E-state index contributed by atoms with van der Waals surface area (Å²) in [6.07, 6.45) is -12.2. The van der Waals surface area contributed by atoms with Crippen LogP contribution in [0.5, 0.6) is 0 Å². The lowest BCUT2D eigenvalue weighted by molar-refractivity contribution is -0.291. The van der Waals surface area contributed by atoms with Crippen molar-refractivity contribution in [2.24, 2.45) is 11.8 Å². The number of nitrogens with one attached hydrogen (secondary N) is 4. The Hall–Kier alpha value is -6.51. The molecule has 0 radical (unpaired) electrons. The number of hydrogen-bond acceptors (Lipinski definition) is 19. The average Bonchev–Trinajstić information content (AvgIpc) is 3.89. The Morgan fingerprint density at radius 2 is 1.11 bits per heavy atom. The van der Waals surface area contributed by atoms with Crippen molar-refractivity contribution in [3.05, 3.63) is 132 Å². The van der Waals surface area contributed by atoms with Gasteiger partial charge in [0, 0.05) is 6.42 Å². The van der Waals surface area contributed by atoms with Crippen molar-refractivity contribution in [2.75, 3.05) is 19.7 Å². The Balaban J connectivity index is 1.09. The zero-order chi connectivity index (χ0) is 58.1. The normalized spacial score (nSPS) is 29.4. The van der Waals surface area contributed by atoms with Crippen molar-refractivity contribution in [2.45, 2.75) is 165 Å². The molecule has 3 aromatic carbocycles. The summed E-state index contributed by atoms with van der Waals surface area (Å²) in [5, 5.41) is 56.7. The summed E-state index contributed by atoms with van der Waals surface area (Å²) in [4.78, 5) is 65.2. The molecule has 3 aromatic rings. The second-order valence-corrected chi connectivity index (χ2v) is 21.2. The SMILES string of the molecule is CC[C@@H]1C=C[C@@H](NC(=O)OCc2ccccc2)[C@@H](O[C@H]2[C@H](O[C@@H]3O[C@H](CO)[C@@H](O[C@H]4O[C@@H](CNC(=O)OCc5ccccc5)C=C[C@H]4NC(=O)OCc4ccccc4)[C@H]3O)[C@@H](O)[C@H](CC(=O)[C@@H](O)CNC(=O)OC(C)(C)C)C[C@@H]2C)O1. The zero-order valence-electron chi connectivity index (χ0n) is 46.0. The topological polar surface area (TPSA) is 307 Å². The molecule has 3 aliphatic heterocycles. The van der Waals surface area contributed by atoms with Crippen molar-refractivity contribution in [3.63, 3.8) is 0 Å². The first-order valence-corrected chi connectivity index (χ1v) is 27.2. The number of aliphatic hydroxyl groups excluding tert-OH is 4. The van der Waals surface area contributed by atoms with Gasteiger partial charge in [0.15, 0.2) is 24.7 Å². The lowest BCUT2D eigenvalue weighted by Crippen LogP contribution is -2.59. The second kappa shape index (κ2) is 30.0. The van der Waals surface area contributed by atoms with Crippen LogP contribution in [0.2, 0.25) is 0 Å². The fourth-order valence-corrected chi connectivity index (χ4v) is 9.56. The number of carbonyl (C=O) groups excluding carboxylic acids is 5. The van der Waals surface area contributed by atoms with E-state index in [9.17, 15) is 44.4 Å². The second-order valence-electron chi connectivity index (χ2n) is 21.2. The van der Waals surface area contributed by atoms with Crippen LogP contribution < -0.4 is 21.3 Å². The van der Waals surface area contributed by atoms with Crippen LogP contribution in [0.25, 0.3) is 0 Å². The monoisotopic (exact) mass is 1130 g/mol. The number of carbonyl (C=O) groups is 5. The van der Waals surface area contributed by atoms with E-state index in [-0.39, 0.29) is 39.2 Å². The molecular weight excluding hydrogens is 1060 g/mol. The maximum Gasteiger partial charge on any atom is 0.408 e. The smallest absolute Gasteiger partial charge is 0.408 e. The average molecular weight is 1130 g/mol. The van der Waals surface area contributed by atoms with E-state index in [0.29, 0.717) is 6.42 Å². The Morgan fingerprint density at radius 3 is 1.63 bits per heavy atom. The van der Waals surface area contributed by atoms with Crippen molar-refractivity contribution in [1.29, 1.82) is 0 Å². The molecule has 0 aromatic heterocycles. The van der Waals surface area contributed by atoms with Gasteiger partial charge in [0.25, 0.3) is 0 Å². The fraction of sp³-hybridized carbons (Fsp3) is 0.534. The van der Waals surface area contributed by atoms with Crippen molar-refractivity contribution < 1.29 is 91.8 Å². The summed E-state index contributed by atoms with van der Waals surface area (Å²) in [5.41, 5.74) is 1.41. The number of alkyl carbamates (subject to hydrolysis) is 4. The number of ether oxygens (including phenoxy) is 10. The first-order valence-electron chi connectivity index (χ1n) is 27.2. The van der Waals surface area contributed by atoms with Gasteiger partial charge in [0.2, 0.25) is 0 Å². The highest BCUT2D eigenvalue weighted by atomic mass is 16.8. The number of ketones is 1. The summed E-state index contributed by atoms with van der Waals surface area (Å²) in [7, 11) is 0. The lowest BCUT2D eigenvalue weighted by atomic mass is 9.74. The first-order chi connectivity index (χ1) is 38.9. The van der Waals surface area contributed by atoms with Crippen LogP contribution in [-0.2, 0) is 72.0 Å². The van der Waals surface area contributed by atoms with Gasteiger partial charge >= 0.3 is 24.4 Å². The molecular formula is C58H76N4O19. The molecule has 1 aliphatic carbocycles. The van der Waals surface area contributed by atoms with E-state index < -0.39 is 147 Å². The molecule has 1 saturated carbocycles. The van der Waals surface area contributed by atoms with E-state index in [0.717, 1.165) is 16.7 Å². The zero-order valence-corrected chi connectivity index (χ0v) is 46.0. The van der Waals surface area contributed by atoms with E-state index >= 15 is 0 Å². The summed E-state index contributed by atoms with van der Waals surface area (Å²) < 4.78 is 60.0. The molecule has 0 unspecified atom stereocenters. The van der Waals surface area contributed by atoms with E-state index in [1.807, 2.05) is 49.4 Å². The Bertz CT molecular complexity index is 2540. The molecule has 0 spiro atoms. The maximum atomic E-state index is 13.6. The van der Waals surface area contributed by atoms with Crippen molar-refractivity contribution in [3.8, 4) is 0 Å². The van der Waals surface area contributed by atoms with Gasteiger partial charge in [-0.1, -0.05) is 129 Å². The molecule has 1 saturated heterocycles. The molecule has 81 heavy (non-hydrogen) atoms. The van der Waals surface area contributed by atoms with Gasteiger partial charge in [0.1, 0.15) is 68.0 Å². The summed E-state index contributed by atoms with van der Waals surface area (Å²) in [5.74, 6) is -2.17. The largest absolute Gasteiger partial charge is 0.445 e. The molecule has 16 atom stereocenters.